The number of hydrogen-bond donors (Lipinski definition) is 2. The summed E-state index contributed by atoms with van der Waals surface area (Å²) in [6.07, 6.45) is 3.29. The van der Waals surface area contributed by atoms with Gasteiger partial charge in [-0.25, -0.2) is 0 Å². The zero-order valence-corrected chi connectivity index (χ0v) is 13.9. The van der Waals surface area contributed by atoms with Crippen LogP contribution in [0.15, 0.2) is 30.3 Å². The highest BCUT2D eigenvalue weighted by atomic mass is 16.4. The Balaban J connectivity index is 1.92. The number of aliphatic carboxylic acids is 1. The van der Waals surface area contributed by atoms with E-state index in [1.807, 2.05) is 30.3 Å². The Bertz CT molecular complexity index is 576. The van der Waals surface area contributed by atoms with Gasteiger partial charge in [-0.2, -0.15) is 0 Å². The first-order valence-corrected chi connectivity index (χ1v) is 8.31. The van der Waals surface area contributed by atoms with Crippen molar-refractivity contribution < 1.29 is 19.5 Å². The van der Waals surface area contributed by atoms with Gasteiger partial charge in [0.25, 0.3) is 0 Å². The largest absolute Gasteiger partial charge is 0.480 e. The Morgan fingerprint density at radius 3 is 2.71 bits per heavy atom. The molecule has 0 bridgehead atoms. The number of amides is 1. The SMILES string of the molecule is C[C@H](N[C@@H](CCc1ccccc1)C(=O)O)C(=O)N1CCC[C@H]1C=O. The lowest BCUT2D eigenvalue weighted by molar-refractivity contribution is -0.141. The van der Waals surface area contributed by atoms with Gasteiger partial charge in [0, 0.05) is 6.54 Å². The zero-order chi connectivity index (χ0) is 17.5. The van der Waals surface area contributed by atoms with Crippen molar-refractivity contribution in [1.29, 1.82) is 0 Å². The van der Waals surface area contributed by atoms with Crippen LogP contribution in [-0.2, 0) is 20.8 Å². The number of hydrogen-bond acceptors (Lipinski definition) is 4. The van der Waals surface area contributed by atoms with Crippen LogP contribution in [0.1, 0.15) is 31.7 Å². The number of nitrogens with one attached hydrogen (secondary N) is 1. The van der Waals surface area contributed by atoms with Gasteiger partial charge < -0.3 is 14.8 Å². The molecule has 1 amide bonds. The summed E-state index contributed by atoms with van der Waals surface area (Å²) in [7, 11) is 0. The smallest absolute Gasteiger partial charge is 0.320 e. The first-order valence-electron chi connectivity index (χ1n) is 8.31. The van der Waals surface area contributed by atoms with Crippen molar-refractivity contribution in [3.8, 4) is 0 Å². The fourth-order valence-electron chi connectivity index (χ4n) is 3.06. The molecule has 6 nitrogen and oxygen atoms in total. The van der Waals surface area contributed by atoms with Gasteiger partial charge in [-0.05, 0) is 38.2 Å². The van der Waals surface area contributed by atoms with E-state index in [1.165, 1.54) is 0 Å². The first kappa shape index (κ1) is 18.1. The molecule has 3 atom stereocenters. The lowest BCUT2D eigenvalue weighted by Crippen LogP contribution is -2.52. The van der Waals surface area contributed by atoms with E-state index in [9.17, 15) is 19.5 Å². The molecule has 24 heavy (non-hydrogen) atoms. The van der Waals surface area contributed by atoms with Gasteiger partial charge in [-0.15, -0.1) is 0 Å². The minimum absolute atomic E-state index is 0.212. The number of nitrogens with zero attached hydrogens (tertiary/aromatic N) is 1. The highest BCUT2D eigenvalue weighted by Gasteiger charge is 2.32. The number of aldehydes is 1. The van der Waals surface area contributed by atoms with Gasteiger partial charge in [0.1, 0.15) is 12.3 Å². The molecular weight excluding hydrogens is 308 g/mol. The van der Waals surface area contributed by atoms with Crippen molar-refractivity contribution >= 4 is 18.2 Å². The molecule has 0 saturated carbocycles. The average Bonchev–Trinajstić information content (AvgIpc) is 3.06. The van der Waals surface area contributed by atoms with Crippen molar-refractivity contribution in [2.24, 2.45) is 0 Å². The summed E-state index contributed by atoms with van der Waals surface area (Å²) in [5.74, 6) is -1.19. The molecule has 2 N–H and O–H groups in total. The first-order chi connectivity index (χ1) is 11.5. The van der Waals surface area contributed by atoms with E-state index in [-0.39, 0.29) is 11.9 Å². The highest BCUT2D eigenvalue weighted by molar-refractivity contribution is 5.85. The number of aryl methyl sites for hydroxylation is 1. The lowest BCUT2D eigenvalue weighted by atomic mass is 10.0. The van der Waals surface area contributed by atoms with Crippen LogP contribution in [0.5, 0.6) is 0 Å². The summed E-state index contributed by atoms with van der Waals surface area (Å²) in [6.45, 7) is 2.21. The molecule has 1 fully saturated rings. The topological polar surface area (TPSA) is 86.7 Å². The summed E-state index contributed by atoms with van der Waals surface area (Å²) in [5, 5.41) is 12.3. The Hall–Kier alpha value is -2.21. The standard InChI is InChI=1S/C18H24N2O4/c1-13(17(22)20-11-5-8-15(20)12-21)19-16(18(23)24)10-9-14-6-3-2-4-7-14/h2-4,6-7,12-13,15-16,19H,5,8-11H2,1H3,(H,23,24)/t13-,15-,16-/m0/s1. The van der Waals surface area contributed by atoms with E-state index < -0.39 is 18.1 Å². The highest BCUT2D eigenvalue weighted by Crippen LogP contribution is 2.17. The van der Waals surface area contributed by atoms with Gasteiger partial charge in [-0.3, -0.25) is 14.9 Å². The average molecular weight is 332 g/mol. The van der Waals surface area contributed by atoms with Crippen LogP contribution < -0.4 is 5.32 Å². The third kappa shape index (κ3) is 4.64. The van der Waals surface area contributed by atoms with Crippen LogP contribution in [0, 0.1) is 0 Å². The minimum Gasteiger partial charge on any atom is -0.480 e. The van der Waals surface area contributed by atoms with Gasteiger partial charge in [-0.1, -0.05) is 30.3 Å². The Morgan fingerprint density at radius 2 is 2.08 bits per heavy atom. The van der Waals surface area contributed by atoms with Crippen LogP contribution in [-0.4, -0.2) is 52.8 Å². The van der Waals surface area contributed by atoms with Crippen LogP contribution >= 0.6 is 0 Å². The van der Waals surface area contributed by atoms with E-state index >= 15 is 0 Å². The summed E-state index contributed by atoms with van der Waals surface area (Å²) in [4.78, 5) is 36.5. The molecule has 1 aromatic carbocycles. The molecule has 0 unspecified atom stereocenters. The van der Waals surface area contributed by atoms with Crippen LogP contribution in [0.25, 0.3) is 0 Å². The molecule has 1 saturated heterocycles. The molecule has 1 aliphatic heterocycles. The Kier molecular flexibility index (Phi) is 6.49. The number of likely N-dealkylation sites (tertiary alicyclic amines) is 1. The van der Waals surface area contributed by atoms with E-state index in [2.05, 4.69) is 5.32 Å². The fraction of sp³-hybridized carbons (Fsp3) is 0.500. The van der Waals surface area contributed by atoms with Crippen molar-refractivity contribution in [3.63, 3.8) is 0 Å². The molecule has 0 aliphatic carbocycles. The molecule has 0 aromatic heterocycles. The predicted octanol–water partition coefficient (Wildman–Crippen LogP) is 1.24. The lowest BCUT2D eigenvalue weighted by Gasteiger charge is -2.26. The maximum atomic E-state index is 12.5. The monoisotopic (exact) mass is 332 g/mol. The predicted molar refractivity (Wildman–Crippen MR) is 89.6 cm³/mol. The Morgan fingerprint density at radius 1 is 1.38 bits per heavy atom. The molecule has 6 heteroatoms. The van der Waals surface area contributed by atoms with E-state index in [0.29, 0.717) is 25.8 Å². The fourth-order valence-corrected chi connectivity index (χ4v) is 3.06. The van der Waals surface area contributed by atoms with Crippen molar-refractivity contribution in [1.82, 2.24) is 10.2 Å². The third-order valence-corrected chi connectivity index (χ3v) is 4.42. The second kappa shape index (κ2) is 8.59. The van der Waals surface area contributed by atoms with Crippen LogP contribution in [0.4, 0.5) is 0 Å². The van der Waals surface area contributed by atoms with Gasteiger partial charge in [0.05, 0.1) is 12.1 Å². The number of carboxylic acid groups (broad SMARTS) is 1. The minimum atomic E-state index is -0.973. The molecule has 1 heterocycles. The number of rotatable bonds is 8. The molecule has 1 aromatic rings. The van der Waals surface area contributed by atoms with Gasteiger partial charge >= 0.3 is 5.97 Å². The summed E-state index contributed by atoms with van der Waals surface area (Å²) in [6, 6.07) is 7.82. The number of benzene rings is 1. The molecular formula is C18H24N2O4. The van der Waals surface area contributed by atoms with Crippen molar-refractivity contribution in [2.45, 2.75) is 50.7 Å². The molecule has 1 aliphatic rings. The molecule has 0 radical (unpaired) electrons. The molecule has 2 rings (SSSR count). The van der Waals surface area contributed by atoms with Crippen molar-refractivity contribution in [3.05, 3.63) is 35.9 Å². The van der Waals surface area contributed by atoms with E-state index in [4.69, 9.17) is 0 Å². The number of carbonyl (C=O) groups excluding carboxylic acids is 2. The van der Waals surface area contributed by atoms with E-state index in [0.717, 1.165) is 18.3 Å². The summed E-state index contributed by atoms with van der Waals surface area (Å²) < 4.78 is 0. The van der Waals surface area contributed by atoms with Crippen LogP contribution in [0.3, 0.4) is 0 Å². The quantitative estimate of drug-likeness (QED) is 0.700. The van der Waals surface area contributed by atoms with Crippen LogP contribution in [0.2, 0.25) is 0 Å². The normalized spacial score (nSPS) is 19.7. The maximum Gasteiger partial charge on any atom is 0.320 e. The molecule has 0 spiro atoms. The van der Waals surface area contributed by atoms with Gasteiger partial charge in [0.15, 0.2) is 0 Å². The van der Waals surface area contributed by atoms with Crippen molar-refractivity contribution in [2.75, 3.05) is 6.54 Å². The van der Waals surface area contributed by atoms with Gasteiger partial charge in [0.2, 0.25) is 5.91 Å². The number of carboxylic acids is 1. The summed E-state index contributed by atoms with van der Waals surface area (Å²) >= 11 is 0. The Labute approximate surface area is 141 Å². The third-order valence-electron chi connectivity index (χ3n) is 4.42. The summed E-state index contributed by atoms with van der Waals surface area (Å²) in [5.41, 5.74) is 1.06. The second-order valence-electron chi connectivity index (χ2n) is 6.18. The molecule has 130 valence electrons. The maximum absolute atomic E-state index is 12.5. The zero-order valence-electron chi connectivity index (χ0n) is 13.9. The number of carbonyl (C=O) groups is 3. The van der Waals surface area contributed by atoms with E-state index in [1.54, 1.807) is 11.8 Å². The second-order valence-corrected chi connectivity index (χ2v) is 6.18.